The number of rotatable bonds is 2. The molecule has 0 aliphatic carbocycles. The first-order chi connectivity index (χ1) is 10.4. The van der Waals surface area contributed by atoms with Gasteiger partial charge in [-0.3, -0.25) is 14.4 Å². The second-order valence-corrected chi connectivity index (χ2v) is 7.03. The van der Waals surface area contributed by atoms with Crippen molar-refractivity contribution in [3.8, 4) is 0 Å². The highest BCUT2D eigenvalue weighted by molar-refractivity contribution is 7.17. The molecule has 1 N–H and O–H groups in total. The van der Waals surface area contributed by atoms with Crippen molar-refractivity contribution in [1.82, 2.24) is 15.1 Å². The zero-order valence-electron chi connectivity index (χ0n) is 12.5. The zero-order chi connectivity index (χ0) is 16.3. The molecule has 6 nitrogen and oxygen atoms in total. The molecule has 0 bridgehead atoms. The summed E-state index contributed by atoms with van der Waals surface area (Å²) in [6.07, 6.45) is 0. The summed E-state index contributed by atoms with van der Waals surface area (Å²) in [6, 6.07) is 3.31. The molecule has 8 heteroatoms. The van der Waals surface area contributed by atoms with Gasteiger partial charge in [-0.2, -0.15) is 0 Å². The van der Waals surface area contributed by atoms with Crippen molar-refractivity contribution in [3.63, 3.8) is 0 Å². The molecule has 0 atom stereocenters. The number of nitrogens with zero attached hydrogens (tertiary/aromatic N) is 2. The number of hydrogen-bond donors (Lipinski definition) is 1. The largest absolute Gasteiger partial charge is 0.346 e. The molecule has 0 aromatic carbocycles. The second-order valence-electron chi connectivity index (χ2n) is 5.32. The maximum absolute atomic E-state index is 12.3. The summed E-state index contributed by atoms with van der Waals surface area (Å²) in [5.41, 5.74) is 0. The van der Waals surface area contributed by atoms with Gasteiger partial charge < -0.3 is 15.1 Å². The standard InChI is InChI=1S/C14H18ClN3O3S/c1-9(2)16-12(19)14(21)18-7-5-17(6-8-18)13(20)10-3-4-11(15)22-10/h3-4,9H,5-8H2,1-2H3,(H,16,19). The van der Waals surface area contributed by atoms with Crippen LogP contribution in [0.1, 0.15) is 23.5 Å². The molecule has 0 saturated carbocycles. The molecule has 2 rings (SSSR count). The summed E-state index contributed by atoms with van der Waals surface area (Å²) >= 11 is 7.07. The van der Waals surface area contributed by atoms with E-state index < -0.39 is 11.8 Å². The summed E-state index contributed by atoms with van der Waals surface area (Å²) in [6.45, 7) is 5.14. The molecule has 3 amide bonds. The highest BCUT2D eigenvalue weighted by atomic mass is 35.5. The van der Waals surface area contributed by atoms with E-state index in [1.54, 1.807) is 30.9 Å². The number of carbonyl (C=O) groups is 3. The molecule has 22 heavy (non-hydrogen) atoms. The van der Waals surface area contributed by atoms with E-state index >= 15 is 0 Å². The molecule has 1 fully saturated rings. The van der Waals surface area contributed by atoms with Gasteiger partial charge in [0.1, 0.15) is 0 Å². The first kappa shape index (κ1) is 16.8. The number of thiophene rings is 1. The molecule has 0 radical (unpaired) electrons. The molecule has 0 spiro atoms. The van der Waals surface area contributed by atoms with E-state index in [2.05, 4.69) is 5.32 Å². The summed E-state index contributed by atoms with van der Waals surface area (Å²) in [7, 11) is 0. The Labute approximate surface area is 138 Å². The lowest BCUT2D eigenvalue weighted by Gasteiger charge is -2.34. The quantitative estimate of drug-likeness (QED) is 0.821. The minimum atomic E-state index is -0.597. The molecular formula is C14H18ClN3O3S. The van der Waals surface area contributed by atoms with Gasteiger partial charge in [-0.25, -0.2) is 0 Å². The van der Waals surface area contributed by atoms with E-state index in [0.717, 1.165) is 0 Å². The number of nitrogens with one attached hydrogen (secondary N) is 1. The van der Waals surface area contributed by atoms with E-state index in [9.17, 15) is 14.4 Å². The van der Waals surface area contributed by atoms with Crippen LogP contribution in [0.3, 0.4) is 0 Å². The minimum absolute atomic E-state index is 0.0807. The number of hydrogen-bond acceptors (Lipinski definition) is 4. The van der Waals surface area contributed by atoms with E-state index in [1.165, 1.54) is 16.2 Å². The van der Waals surface area contributed by atoms with E-state index in [4.69, 9.17) is 11.6 Å². The third-order valence-corrected chi connectivity index (χ3v) is 4.47. The van der Waals surface area contributed by atoms with Crippen molar-refractivity contribution in [2.45, 2.75) is 19.9 Å². The van der Waals surface area contributed by atoms with Gasteiger partial charge in [0.05, 0.1) is 9.21 Å². The number of carbonyl (C=O) groups excluding carboxylic acids is 3. The average molecular weight is 344 g/mol. The van der Waals surface area contributed by atoms with Crippen LogP contribution >= 0.6 is 22.9 Å². The smallest absolute Gasteiger partial charge is 0.312 e. The van der Waals surface area contributed by atoms with Gasteiger partial charge in [0.15, 0.2) is 0 Å². The van der Waals surface area contributed by atoms with Crippen molar-refractivity contribution in [1.29, 1.82) is 0 Å². The molecule has 0 unspecified atom stereocenters. The van der Waals surface area contributed by atoms with Gasteiger partial charge in [0.2, 0.25) is 0 Å². The fraction of sp³-hybridized carbons (Fsp3) is 0.500. The van der Waals surface area contributed by atoms with Gasteiger partial charge in [-0.05, 0) is 26.0 Å². The van der Waals surface area contributed by atoms with Gasteiger partial charge in [0, 0.05) is 32.2 Å². The summed E-state index contributed by atoms with van der Waals surface area (Å²) in [4.78, 5) is 39.7. The Morgan fingerprint density at radius 3 is 2.23 bits per heavy atom. The molecule has 1 aromatic rings. The number of piperazine rings is 1. The van der Waals surface area contributed by atoms with Crippen molar-refractivity contribution < 1.29 is 14.4 Å². The van der Waals surface area contributed by atoms with Gasteiger partial charge in [-0.15, -0.1) is 11.3 Å². The monoisotopic (exact) mass is 343 g/mol. The third-order valence-electron chi connectivity index (χ3n) is 3.25. The maximum Gasteiger partial charge on any atom is 0.312 e. The molecule has 1 saturated heterocycles. The lowest BCUT2D eigenvalue weighted by Crippen LogP contribution is -2.54. The van der Waals surface area contributed by atoms with Crippen LogP contribution in [0, 0.1) is 0 Å². The topological polar surface area (TPSA) is 69.7 Å². The van der Waals surface area contributed by atoms with Crippen molar-refractivity contribution in [3.05, 3.63) is 21.3 Å². The highest BCUT2D eigenvalue weighted by Crippen LogP contribution is 2.23. The Morgan fingerprint density at radius 1 is 1.14 bits per heavy atom. The zero-order valence-corrected chi connectivity index (χ0v) is 14.0. The molecular weight excluding hydrogens is 326 g/mol. The lowest BCUT2D eigenvalue weighted by atomic mass is 10.2. The first-order valence-electron chi connectivity index (χ1n) is 7.03. The van der Waals surface area contributed by atoms with E-state index in [-0.39, 0.29) is 11.9 Å². The summed E-state index contributed by atoms with van der Waals surface area (Å²) in [5.74, 6) is -1.23. The van der Waals surface area contributed by atoms with Crippen LogP contribution in [0.2, 0.25) is 4.34 Å². The predicted octanol–water partition coefficient (Wildman–Crippen LogP) is 1.21. The second kappa shape index (κ2) is 7.11. The van der Waals surface area contributed by atoms with Crippen molar-refractivity contribution in [2.75, 3.05) is 26.2 Å². The van der Waals surface area contributed by atoms with Crippen LogP contribution in [0.5, 0.6) is 0 Å². The van der Waals surface area contributed by atoms with Crippen molar-refractivity contribution >= 4 is 40.7 Å². The Morgan fingerprint density at radius 2 is 1.73 bits per heavy atom. The normalized spacial score (nSPS) is 15.1. The van der Waals surface area contributed by atoms with Crippen LogP contribution in [0.4, 0.5) is 0 Å². The van der Waals surface area contributed by atoms with Crippen LogP contribution in [-0.2, 0) is 9.59 Å². The number of amides is 3. The number of halogens is 1. The van der Waals surface area contributed by atoms with E-state index in [0.29, 0.717) is 35.4 Å². The van der Waals surface area contributed by atoms with E-state index in [1.807, 2.05) is 0 Å². The fourth-order valence-electron chi connectivity index (χ4n) is 2.17. The summed E-state index contributed by atoms with van der Waals surface area (Å²) < 4.78 is 0.572. The van der Waals surface area contributed by atoms with Gasteiger partial charge in [0.25, 0.3) is 5.91 Å². The van der Waals surface area contributed by atoms with Gasteiger partial charge in [-0.1, -0.05) is 11.6 Å². The molecule has 120 valence electrons. The molecule has 1 aromatic heterocycles. The Balaban J connectivity index is 1.89. The van der Waals surface area contributed by atoms with Crippen LogP contribution in [-0.4, -0.2) is 59.7 Å². The van der Waals surface area contributed by atoms with Crippen LogP contribution < -0.4 is 5.32 Å². The van der Waals surface area contributed by atoms with Crippen molar-refractivity contribution in [2.24, 2.45) is 0 Å². The minimum Gasteiger partial charge on any atom is -0.346 e. The third kappa shape index (κ3) is 3.98. The molecule has 1 aliphatic heterocycles. The predicted molar refractivity (Wildman–Crippen MR) is 85.1 cm³/mol. The van der Waals surface area contributed by atoms with Gasteiger partial charge >= 0.3 is 11.8 Å². The lowest BCUT2D eigenvalue weighted by molar-refractivity contribution is -0.147. The van der Waals surface area contributed by atoms with Crippen LogP contribution in [0.25, 0.3) is 0 Å². The SMILES string of the molecule is CC(C)NC(=O)C(=O)N1CCN(C(=O)c2ccc(Cl)s2)CC1. The highest BCUT2D eigenvalue weighted by Gasteiger charge is 2.28. The Bertz CT molecular complexity index is 580. The summed E-state index contributed by atoms with van der Waals surface area (Å²) in [5, 5.41) is 2.58. The fourth-order valence-corrected chi connectivity index (χ4v) is 3.18. The maximum atomic E-state index is 12.3. The molecule has 1 aliphatic rings. The van der Waals surface area contributed by atoms with Crippen LogP contribution in [0.15, 0.2) is 12.1 Å². The Hall–Kier alpha value is -1.60. The first-order valence-corrected chi connectivity index (χ1v) is 8.22. The average Bonchev–Trinajstić information content (AvgIpc) is 2.91. The molecule has 2 heterocycles. The Kier molecular flexibility index (Phi) is 5.42.